The fraction of sp³-hybridized carbons (Fsp3) is 0.250. The Kier molecular flexibility index (Phi) is 3.46. The zero-order valence-corrected chi connectivity index (χ0v) is 8.99. The summed E-state index contributed by atoms with van der Waals surface area (Å²) in [5.41, 5.74) is 3.40. The molecule has 0 radical (unpaired) electrons. The van der Waals surface area contributed by atoms with Gasteiger partial charge in [-0.25, -0.2) is 4.68 Å². The van der Waals surface area contributed by atoms with Crippen molar-refractivity contribution < 1.29 is 0 Å². The van der Waals surface area contributed by atoms with Gasteiger partial charge in [-0.2, -0.15) is 5.10 Å². The van der Waals surface area contributed by atoms with Gasteiger partial charge in [-0.15, -0.1) is 0 Å². The summed E-state index contributed by atoms with van der Waals surface area (Å²) in [5.74, 6) is 0. The van der Waals surface area contributed by atoms with Gasteiger partial charge in [0.2, 0.25) is 0 Å². The van der Waals surface area contributed by atoms with Gasteiger partial charge >= 0.3 is 0 Å². The molecule has 1 heterocycles. The highest BCUT2D eigenvalue weighted by atomic mass is 15.3. The van der Waals surface area contributed by atoms with Gasteiger partial charge in [-0.1, -0.05) is 18.7 Å². The van der Waals surface area contributed by atoms with Crippen LogP contribution in [-0.4, -0.2) is 9.78 Å². The first-order valence-corrected chi connectivity index (χ1v) is 4.67. The fourth-order valence-electron chi connectivity index (χ4n) is 1.24. The van der Waals surface area contributed by atoms with Crippen molar-refractivity contribution in [1.29, 1.82) is 0 Å². The van der Waals surface area contributed by atoms with E-state index < -0.39 is 0 Å². The number of allylic oxidation sites excluding steroid dienone is 5. The summed E-state index contributed by atoms with van der Waals surface area (Å²) in [6, 6.07) is 0. The predicted molar refractivity (Wildman–Crippen MR) is 61.0 cm³/mol. The minimum absolute atomic E-state index is 1.04. The molecule has 0 aliphatic carbocycles. The zero-order valence-electron chi connectivity index (χ0n) is 8.99. The summed E-state index contributed by atoms with van der Waals surface area (Å²) in [6.45, 7) is 9.80. The van der Waals surface area contributed by atoms with Crippen molar-refractivity contribution >= 4 is 5.70 Å². The SMILES string of the molecule is C=C/C=C(\C=C/C)n1ncc(C)c1C. The summed E-state index contributed by atoms with van der Waals surface area (Å²) in [5, 5.41) is 4.30. The number of aromatic nitrogens is 2. The van der Waals surface area contributed by atoms with Crippen molar-refractivity contribution in [1.82, 2.24) is 9.78 Å². The van der Waals surface area contributed by atoms with Crippen LogP contribution in [0.25, 0.3) is 5.70 Å². The van der Waals surface area contributed by atoms with Crippen LogP contribution in [0.2, 0.25) is 0 Å². The number of hydrogen-bond acceptors (Lipinski definition) is 1. The van der Waals surface area contributed by atoms with E-state index in [9.17, 15) is 0 Å². The van der Waals surface area contributed by atoms with E-state index in [1.54, 1.807) is 6.08 Å². The largest absolute Gasteiger partial charge is 0.238 e. The first kappa shape index (κ1) is 10.5. The van der Waals surface area contributed by atoms with E-state index in [1.165, 1.54) is 5.56 Å². The normalized spacial score (nSPS) is 12.4. The molecule has 0 aromatic carbocycles. The van der Waals surface area contributed by atoms with Crippen molar-refractivity contribution in [3.63, 3.8) is 0 Å². The average molecular weight is 188 g/mol. The van der Waals surface area contributed by atoms with Crippen molar-refractivity contribution in [2.75, 3.05) is 0 Å². The first-order valence-electron chi connectivity index (χ1n) is 4.67. The van der Waals surface area contributed by atoms with E-state index in [0.29, 0.717) is 0 Å². The molecule has 0 spiro atoms. The smallest absolute Gasteiger partial charge is 0.0645 e. The molecule has 0 N–H and O–H groups in total. The van der Waals surface area contributed by atoms with Crippen LogP contribution in [0.3, 0.4) is 0 Å². The van der Waals surface area contributed by atoms with Crippen LogP contribution < -0.4 is 0 Å². The lowest BCUT2D eigenvalue weighted by Crippen LogP contribution is -1.99. The lowest BCUT2D eigenvalue weighted by Gasteiger charge is -2.04. The Balaban J connectivity index is 3.18. The second-order valence-electron chi connectivity index (χ2n) is 3.15. The molecule has 2 heteroatoms. The van der Waals surface area contributed by atoms with Gasteiger partial charge in [0.15, 0.2) is 0 Å². The van der Waals surface area contributed by atoms with Crippen molar-refractivity contribution in [3.8, 4) is 0 Å². The molecule has 2 nitrogen and oxygen atoms in total. The van der Waals surface area contributed by atoms with E-state index in [0.717, 1.165) is 11.4 Å². The van der Waals surface area contributed by atoms with Gasteiger partial charge in [0, 0.05) is 5.69 Å². The third-order valence-corrected chi connectivity index (χ3v) is 2.13. The van der Waals surface area contributed by atoms with Crippen LogP contribution in [0.15, 0.2) is 37.1 Å². The van der Waals surface area contributed by atoms with E-state index in [4.69, 9.17) is 0 Å². The van der Waals surface area contributed by atoms with E-state index in [1.807, 2.05) is 36.0 Å². The Hall–Kier alpha value is -1.57. The highest BCUT2D eigenvalue weighted by Crippen LogP contribution is 2.12. The Morgan fingerprint density at radius 2 is 2.21 bits per heavy atom. The number of rotatable bonds is 3. The Bertz CT molecular complexity index is 381. The molecule has 0 aliphatic heterocycles. The molecule has 0 unspecified atom stereocenters. The molecule has 0 bridgehead atoms. The molecule has 74 valence electrons. The Labute approximate surface area is 85.3 Å². The third-order valence-electron chi connectivity index (χ3n) is 2.13. The summed E-state index contributed by atoms with van der Waals surface area (Å²) in [7, 11) is 0. The number of hydrogen-bond donors (Lipinski definition) is 0. The topological polar surface area (TPSA) is 17.8 Å². The average Bonchev–Trinajstić information content (AvgIpc) is 2.48. The number of aryl methyl sites for hydroxylation is 1. The van der Waals surface area contributed by atoms with Gasteiger partial charge in [-0.3, -0.25) is 0 Å². The summed E-state index contributed by atoms with van der Waals surface area (Å²) < 4.78 is 1.91. The molecular weight excluding hydrogens is 172 g/mol. The molecule has 0 amide bonds. The molecule has 0 fully saturated rings. The van der Waals surface area contributed by atoms with Crippen molar-refractivity contribution in [3.05, 3.63) is 48.3 Å². The molecule has 1 aromatic heterocycles. The lowest BCUT2D eigenvalue weighted by atomic mass is 10.3. The standard InChI is InChI=1S/C12H16N2/c1-5-7-12(8-6-2)14-11(4)10(3)9-13-14/h5-9H,1H2,2-4H3/b8-6-,12-7+. The highest BCUT2D eigenvalue weighted by molar-refractivity contribution is 5.59. The number of nitrogens with zero attached hydrogens (tertiary/aromatic N) is 2. The van der Waals surface area contributed by atoms with Gasteiger partial charge in [0.1, 0.15) is 0 Å². The molecule has 0 atom stereocenters. The fourth-order valence-corrected chi connectivity index (χ4v) is 1.24. The zero-order chi connectivity index (χ0) is 10.6. The van der Waals surface area contributed by atoms with Crippen LogP contribution in [0.5, 0.6) is 0 Å². The molecule has 1 rings (SSSR count). The van der Waals surface area contributed by atoms with E-state index in [2.05, 4.69) is 25.5 Å². The lowest BCUT2D eigenvalue weighted by molar-refractivity contribution is 0.873. The predicted octanol–water partition coefficient (Wildman–Crippen LogP) is 3.10. The summed E-state index contributed by atoms with van der Waals surface area (Å²) in [4.78, 5) is 0. The van der Waals surface area contributed by atoms with Gasteiger partial charge < -0.3 is 0 Å². The van der Waals surface area contributed by atoms with Crippen LogP contribution in [0.1, 0.15) is 18.2 Å². The monoisotopic (exact) mass is 188 g/mol. The van der Waals surface area contributed by atoms with Crippen molar-refractivity contribution in [2.45, 2.75) is 20.8 Å². The molecule has 1 aromatic rings. The molecule has 14 heavy (non-hydrogen) atoms. The first-order chi connectivity index (χ1) is 6.70. The van der Waals surface area contributed by atoms with Gasteiger partial charge in [-0.05, 0) is 38.5 Å². The molecule has 0 saturated carbocycles. The Morgan fingerprint density at radius 1 is 1.50 bits per heavy atom. The Morgan fingerprint density at radius 3 is 2.64 bits per heavy atom. The summed E-state index contributed by atoms with van der Waals surface area (Å²) in [6.07, 6.45) is 9.59. The quantitative estimate of drug-likeness (QED) is 0.666. The second-order valence-corrected chi connectivity index (χ2v) is 3.15. The minimum Gasteiger partial charge on any atom is -0.238 e. The van der Waals surface area contributed by atoms with E-state index >= 15 is 0 Å². The van der Waals surface area contributed by atoms with Crippen LogP contribution >= 0.6 is 0 Å². The minimum atomic E-state index is 1.04. The van der Waals surface area contributed by atoms with Crippen LogP contribution in [-0.2, 0) is 0 Å². The molecule has 0 saturated heterocycles. The van der Waals surface area contributed by atoms with Crippen molar-refractivity contribution in [2.24, 2.45) is 0 Å². The maximum absolute atomic E-state index is 4.30. The van der Waals surface area contributed by atoms with E-state index in [-0.39, 0.29) is 0 Å². The van der Waals surface area contributed by atoms with Crippen LogP contribution in [0.4, 0.5) is 0 Å². The molecule has 0 aliphatic rings. The summed E-state index contributed by atoms with van der Waals surface area (Å²) >= 11 is 0. The maximum atomic E-state index is 4.30. The van der Waals surface area contributed by atoms with Crippen LogP contribution in [0, 0.1) is 13.8 Å². The molecular formula is C12H16N2. The van der Waals surface area contributed by atoms with Gasteiger partial charge in [0.25, 0.3) is 0 Å². The van der Waals surface area contributed by atoms with Gasteiger partial charge in [0.05, 0.1) is 11.9 Å². The maximum Gasteiger partial charge on any atom is 0.0645 e. The third kappa shape index (κ3) is 2.02. The highest BCUT2D eigenvalue weighted by Gasteiger charge is 2.03. The second kappa shape index (κ2) is 4.61.